The fraction of sp³-hybridized carbons (Fsp3) is 0.600. The van der Waals surface area contributed by atoms with Crippen LogP contribution in [-0.4, -0.2) is 29.8 Å². The van der Waals surface area contributed by atoms with Crippen molar-refractivity contribution in [2.45, 2.75) is 44.9 Å². The highest BCUT2D eigenvalue weighted by Gasteiger charge is 2.43. The minimum absolute atomic E-state index is 0.000362. The van der Waals surface area contributed by atoms with Crippen LogP contribution in [0.3, 0.4) is 0 Å². The summed E-state index contributed by atoms with van der Waals surface area (Å²) in [6.45, 7) is 1.59. The van der Waals surface area contributed by atoms with Crippen LogP contribution >= 0.6 is 11.6 Å². The van der Waals surface area contributed by atoms with Crippen molar-refractivity contribution < 1.29 is 9.59 Å². The van der Waals surface area contributed by atoms with Crippen LogP contribution in [0, 0.1) is 17.8 Å². The zero-order valence-electron chi connectivity index (χ0n) is 14.5. The van der Waals surface area contributed by atoms with Gasteiger partial charge in [0.15, 0.2) is 0 Å². The Labute approximate surface area is 153 Å². The SMILES string of the molecule is O=C(Nc1cc(Cl)ccc1C(=O)N1CCCCC1)C1CC2CCC1C2. The Hall–Kier alpha value is -1.55. The molecule has 5 heteroatoms. The number of carbonyl (C=O) groups excluding carboxylic acids is 2. The van der Waals surface area contributed by atoms with Crippen molar-refractivity contribution in [3.8, 4) is 0 Å². The molecule has 25 heavy (non-hydrogen) atoms. The van der Waals surface area contributed by atoms with E-state index in [9.17, 15) is 9.59 Å². The molecule has 3 fully saturated rings. The fourth-order valence-electron chi connectivity index (χ4n) is 4.86. The number of piperidine rings is 1. The van der Waals surface area contributed by atoms with Gasteiger partial charge in [0, 0.05) is 24.0 Å². The van der Waals surface area contributed by atoms with Gasteiger partial charge >= 0.3 is 0 Å². The zero-order valence-corrected chi connectivity index (χ0v) is 15.2. The van der Waals surface area contributed by atoms with E-state index < -0.39 is 0 Å². The number of anilines is 1. The van der Waals surface area contributed by atoms with Crippen molar-refractivity contribution in [1.82, 2.24) is 4.90 Å². The Morgan fingerprint density at radius 3 is 2.56 bits per heavy atom. The summed E-state index contributed by atoms with van der Waals surface area (Å²) in [6.07, 6.45) is 7.89. The van der Waals surface area contributed by atoms with Gasteiger partial charge in [-0.1, -0.05) is 18.0 Å². The van der Waals surface area contributed by atoms with Crippen LogP contribution in [0.2, 0.25) is 5.02 Å². The molecule has 2 amide bonds. The van der Waals surface area contributed by atoms with Gasteiger partial charge in [0.25, 0.3) is 5.91 Å². The summed E-state index contributed by atoms with van der Waals surface area (Å²) in [5, 5.41) is 3.57. The molecule has 3 aliphatic rings. The average Bonchev–Trinajstić information content (AvgIpc) is 3.25. The van der Waals surface area contributed by atoms with Crippen LogP contribution in [0.15, 0.2) is 18.2 Å². The lowest BCUT2D eigenvalue weighted by Gasteiger charge is -2.28. The average molecular weight is 361 g/mol. The number of rotatable bonds is 3. The second kappa shape index (κ2) is 6.99. The van der Waals surface area contributed by atoms with Gasteiger partial charge in [-0.2, -0.15) is 0 Å². The maximum atomic E-state index is 12.9. The van der Waals surface area contributed by atoms with Crippen LogP contribution in [0.1, 0.15) is 55.3 Å². The predicted octanol–water partition coefficient (Wildman–Crippen LogP) is 4.34. The second-order valence-electron chi connectivity index (χ2n) is 7.81. The summed E-state index contributed by atoms with van der Waals surface area (Å²) in [4.78, 5) is 27.6. The molecule has 2 saturated carbocycles. The van der Waals surface area contributed by atoms with Gasteiger partial charge in [0.05, 0.1) is 11.3 Å². The van der Waals surface area contributed by atoms with Gasteiger partial charge in [-0.05, 0) is 68.6 Å². The number of benzene rings is 1. The van der Waals surface area contributed by atoms with Crippen molar-refractivity contribution in [3.63, 3.8) is 0 Å². The number of nitrogens with one attached hydrogen (secondary N) is 1. The first-order valence-corrected chi connectivity index (χ1v) is 9.89. The third kappa shape index (κ3) is 3.41. The van der Waals surface area contributed by atoms with Crippen molar-refractivity contribution in [2.24, 2.45) is 17.8 Å². The molecular formula is C20H25ClN2O2. The fourth-order valence-corrected chi connectivity index (χ4v) is 5.04. The minimum Gasteiger partial charge on any atom is -0.339 e. The Morgan fingerprint density at radius 1 is 1.08 bits per heavy atom. The van der Waals surface area contributed by atoms with Crippen LogP contribution in [0.5, 0.6) is 0 Å². The lowest BCUT2D eigenvalue weighted by molar-refractivity contribution is -0.121. The number of hydrogen-bond donors (Lipinski definition) is 1. The standard InChI is InChI=1S/C20H25ClN2O2/c21-15-6-7-16(20(25)23-8-2-1-3-9-23)18(12-15)22-19(24)17-11-13-4-5-14(17)10-13/h6-7,12-14,17H,1-5,8-11H2,(H,22,24). The molecule has 4 rings (SSSR count). The molecule has 4 nitrogen and oxygen atoms in total. The van der Waals surface area contributed by atoms with E-state index in [0.29, 0.717) is 22.2 Å². The van der Waals surface area contributed by atoms with Crippen LogP contribution < -0.4 is 5.32 Å². The summed E-state index contributed by atoms with van der Waals surface area (Å²) >= 11 is 6.14. The second-order valence-corrected chi connectivity index (χ2v) is 8.25. The maximum absolute atomic E-state index is 12.9. The first-order chi connectivity index (χ1) is 12.1. The Kier molecular flexibility index (Phi) is 4.72. The molecule has 3 unspecified atom stereocenters. The van der Waals surface area contributed by atoms with Gasteiger partial charge in [-0.25, -0.2) is 0 Å². The third-order valence-corrected chi connectivity index (χ3v) is 6.42. The summed E-state index contributed by atoms with van der Waals surface area (Å²) in [5.41, 5.74) is 1.12. The topological polar surface area (TPSA) is 49.4 Å². The van der Waals surface area contributed by atoms with E-state index in [0.717, 1.165) is 44.7 Å². The lowest BCUT2D eigenvalue weighted by atomic mass is 9.88. The molecule has 134 valence electrons. The van der Waals surface area contributed by atoms with Crippen molar-refractivity contribution >= 4 is 29.1 Å². The van der Waals surface area contributed by atoms with Gasteiger partial charge in [-0.15, -0.1) is 0 Å². The molecule has 1 aliphatic heterocycles. The van der Waals surface area contributed by atoms with Gasteiger partial charge < -0.3 is 10.2 Å². The van der Waals surface area contributed by atoms with Crippen molar-refractivity contribution in [2.75, 3.05) is 18.4 Å². The maximum Gasteiger partial charge on any atom is 0.255 e. The number of fused-ring (bicyclic) bond motifs is 2. The van der Waals surface area contributed by atoms with Crippen LogP contribution in [0.4, 0.5) is 5.69 Å². The van der Waals surface area contributed by atoms with Crippen molar-refractivity contribution in [3.05, 3.63) is 28.8 Å². The third-order valence-electron chi connectivity index (χ3n) is 6.19. The Bertz CT molecular complexity index is 684. The van der Waals surface area contributed by atoms with E-state index in [-0.39, 0.29) is 17.7 Å². The number of hydrogen-bond acceptors (Lipinski definition) is 2. The molecule has 1 aromatic carbocycles. The minimum atomic E-state index is -0.000362. The smallest absolute Gasteiger partial charge is 0.255 e. The van der Waals surface area contributed by atoms with Gasteiger partial charge in [0.1, 0.15) is 0 Å². The number of amides is 2. The highest BCUT2D eigenvalue weighted by Crippen LogP contribution is 2.48. The first kappa shape index (κ1) is 16.9. The summed E-state index contributed by atoms with van der Waals surface area (Å²) in [5.74, 6) is 1.39. The molecule has 1 N–H and O–H groups in total. The number of carbonyl (C=O) groups is 2. The number of halogens is 1. The quantitative estimate of drug-likeness (QED) is 0.871. The Morgan fingerprint density at radius 2 is 1.88 bits per heavy atom. The van der Waals surface area contributed by atoms with E-state index in [1.165, 1.54) is 19.3 Å². The van der Waals surface area contributed by atoms with E-state index >= 15 is 0 Å². The molecule has 0 radical (unpaired) electrons. The van der Waals surface area contributed by atoms with Gasteiger partial charge in [0.2, 0.25) is 5.91 Å². The molecule has 0 aromatic heterocycles. The van der Waals surface area contributed by atoms with E-state index in [4.69, 9.17) is 11.6 Å². The number of likely N-dealkylation sites (tertiary alicyclic amines) is 1. The normalized spacial score (nSPS) is 28.2. The molecule has 1 saturated heterocycles. The molecule has 3 atom stereocenters. The summed E-state index contributed by atoms with van der Waals surface area (Å²) in [6, 6.07) is 5.19. The van der Waals surface area contributed by atoms with E-state index in [2.05, 4.69) is 5.32 Å². The molecule has 0 spiro atoms. The largest absolute Gasteiger partial charge is 0.339 e. The zero-order chi connectivity index (χ0) is 17.4. The molecule has 2 aliphatic carbocycles. The van der Waals surface area contributed by atoms with Crippen molar-refractivity contribution in [1.29, 1.82) is 0 Å². The molecule has 1 aromatic rings. The van der Waals surface area contributed by atoms with Crippen LogP contribution in [-0.2, 0) is 4.79 Å². The molecular weight excluding hydrogens is 336 g/mol. The monoisotopic (exact) mass is 360 g/mol. The van der Waals surface area contributed by atoms with Crippen LogP contribution in [0.25, 0.3) is 0 Å². The van der Waals surface area contributed by atoms with Gasteiger partial charge in [-0.3, -0.25) is 9.59 Å². The lowest BCUT2D eigenvalue weighted by Crippen LogP contribution is -2.36. The van der Waals surface area contributed by atoms with E-state index in [1.54, 1.807) is 18.2 Å². The number of nitrogens with zero attached hydrogens (tertiary/aromatic N) is 1. The molecule has 1 heterocycles. The Balaban J connectivity index is 1.53. The first-order valence-electron chi connectivity index (χ1n) is 9.51. The van der Waals surface area contributed by atoms with E-state index in [1.807, 2.05) is 4.90 Å². The summed E-state index contributed by atoms with van der Waals surface area (Å²) in [7, 11) is 0. The summed E-state index contributed by atoms with van der Waals surface area (Å²) < 4.78 is 0. The molecule has 2 bridgehead atoms. The predicted molar refractivity (Wildman–Crippen MR) is 98.8 cm³/mol. The highest BCUT2D eigenvalue weighted by atomic mass is 35.5. The highest BCUT2D eigenvalue weighted by molar-refractivity contribution is 6.31.